The van der Waals surface area contributed by atoms with Crippen LogP contribution in [0.4, 0.5) is 0 Å². The lowest BCUT2D eigenvalue weighted by molar-refractivity contribution is 1.08. The van der Waals surface area contributed by atoms with Crippen LogP contribution in [0.25, 0.3) is 0 Å². The minimum atomic E-state index is 0.885. The maximum absolute atomic E-state index is 3.85. The summed E-state index contributed by atoms with van der Waals surface area (Å²) in [6, 6.07) is 0. The van der Waals surface area contributed by atoms with E-state index in [0.29, 0.717) is 0 Å². The van der Waals surface area contributed by atoms with Crippen molar-refractivity contribution in [3.05, 3.63) is 10.8 Å². The van der Waals surface area contributed by atoms with E-state index in [0.717, 1.165) is 4.61 Å². The molecule has 0 aromatic heterocycles. The first-order chi connectivity index (χ1) is 3.81. The van der Waals surface area contributed by atoms with Crippen molar-refractivity contribution in [2.24, 2.45) is 4.99 Å². The number of nitrogens with one attached hydrogen (secondary N) is 1. The summed E-state index contributed by atoms with van der Waals surface area (Å²) in [5.41, 5.74) is 0. The molecule has 0 aliphatic heterocycles. The summed E-state index contributed by atoms with van der Waals surface area (Å²) in [6.07, 6.45) is 3.42. The monoisotopic (exact) mass is 176 g/mol. The second kappa shape index (κ2) is 4.84. The van der Waals surface area contributed by atoms with Gasteiger partial charge in [-0.3, -0.25) is 4.99 Å². The highest BCUT2D eigenvalue weighted by molar-refractivity contribution is 9.11. The molecule has 0 saturated heterocycles. The molecule has 2 nitrogen and oxygen atoms in total. The zero-order valence-electron chi connectivity index (χ0n) is 4.98. The Morgan fingerprint density at radius 2 is 2.38 bits per heavy atom. The van der Waals surface area contributed by atoms with Crippen LogP contribution < -0.4 is 5.32 Å². The first-order valence-corrected chi connectivity index (χ1v) is 3.11. The zero-order valence-corrected chi connectivity index (χ0v) is 6.57. The number of rotatable bonds is 2. The molecule has 3 heteroatoms. The summed E-state index contributed by atoms with van der Waals surface area (Å²) in [5.74, 6) is 0. The third kappa shape index (κ3) is 3.87. The SMILES string of the molecule is CC=N/C=C(/Br)NC. The predicted octanol–water partition coefficient (Wildman–Crippen LogP) is 1.49. The predicted molar refractivity (Wildman–Crippen MR) is 40.2 cm³/mol. The molecule has 0 aliphatic rings. The molecule has 0 bridgehead atoms. The highest BCUT2D eigenvalue weighted by atomic mass is 79.9. The van der Waals surface area contributed by atoms with Crippen molar-refractivity contribution in [1.29, 1.82) is 0 Å². The molecule has 0 aromatic rings. The van der Waals surface area contributed by atoms with Gasteiger partial charge < -0.3 is 5.32 Å². The van der Waals surface area contributed by atoms with Gasteiger partial charge in [-0.2, -0.15) is 0 Å². The molecule has 1 N–H and O–H groups in total. The fourth-order valence-electron chi connectivity index (χ4n) is 0.205. The van der Waals surface area contributed by atoms with Gasteiger partial charge in [-0.15, -0.1) is 0 Å². The fraction of sp³-hybridized carbons (Fsp3) is 0.400. The molecule has 0 fully saturated rings. The minimum absolute atomic E-state index is 0.885. The smallest absolute Gasteiger partial charge is 0.0962 e. The lowest BCUT2D eigenvalue weighted by atomic mass is 10.8. The number of hydrogen-bond acceptors (Lipinski definition) is 2. The largest absolute Gasteiger partial charge is 0.381 e. The highest BCUT2D eigenvalue weighted by Crippen LogP contribution is 1.96. The fourth-order valence-corrected chi connectivity index (χ4v) is 0.323. The van der Waals surface area contributed by atoms with Crippen LogP contribution in [0.5, 0.6) is 0 Å². The van der Waals surface area contributed by atoms with Crippen LogP contribution >= 0.6 is 15.9 Å². The lowest BCUT2D eigenvalue weighted by Gasteiger charge is -1.89. The van der Waals surface area contributed by atoms with E-state index in [-0.39, 0.29) is 0 Å². The second-order valence-electron chi connectivity index (χ2n) is 1.13. The van der Waals surface area contributed by atoms with Crippen molar-refractivity contribution in [3.63, 3.8) is 0 Å². The summed E-state index contributed by atoms with van der Waals surface area (Å²) in [6.45, 7) is 1.87. The Bertz CT molecular complexity index is 107. The first kappa shape index (κ1) is 7.69. The van der Waals surface area contributed by atoms with Gasteiger partial charge in [0.05, 0.1) is 10.8 Å². The van der Waals surface area contributed by atoms with Gasteiger partial charge in [0.25, 0.3) is 0 Å². The molecule has 0 spiro atoms. The van der Waals surface area contributed by atoms with Crippen molar-refractivity contribution >= 4 is 22.1 Å². The molecule has 0 amide bonds. The Hall–Kier alpha value is -0.310. The van der Waals surface area contributed by atoms with Crippen LogP contribution in [0.3, 0.4) is 0 Å². The maximum Gasteiger partial charge on any atom is 0.0962 e. The summed E-state index contributed by atoms with van der Waals surface area (Å²) in [5, 5.41) is 2.86. The standard InChI is InChI=1S/C5H9BrN2/c1-3-8-4-5(6)7-2/h3-4,7H,1-2H3/b5-4-,8-3?. The number of hydrogen-bond donors (Lipinski definition) is 1. The third-order valence-electron chi connectivity index (χ3n) is 0.576. The lowest BCUT2D eigenvalue weighted by Crippen LogP contribution is -1.97. The molecule has 0 saturated carbocycles. The van der Waals surface area contributed by atoms with Crippen molar-refractivity contribution in [1.82, 2.24) is 5.32 Å². The first-order valence-electron chi connectivity index (χ1n) is 2.32. The summed E-state index contributed by atoms with van der Waals surface area (Å²) < 4.78 is 0.885. The minimum Gasteiger partial charge on any atom is -0.381 e. The molecule has 0 aliphatic carbocycles. The summed E-state index contributed by atoms with van der Waals surface area (Å²) in [4.78, 5) is 3.85. The van der Waals surface area contributed by atoms with Crippen LogP contribution in [0.2, 0.25) is 0 Å². The second-order valence-corrected chi connectivity index (χ2v) is 1.99. The van der Waals surface area contributed by atoms with Gasteiger partial charge in [0.15, 0.2) is 0 Å². The van der Waals surface area contributed by atoms with E-state index in [1.54, 1.807) is 12.4 Å². The van der Waals surface area contributed by atoms with Crippen LogP contribution in [0, 0.1) is 0 Å². The van der Waals surface area contributed by atoms with E-state index >= 15 is 0 Å². The molecular weight excluding hydrogens is 168 g/mol. The maximum atomic E-state index is 3.85. The van der Waals surface area contributed by atoms with Crippen molar-refractivity contribution in [2.75, 3.05) is 7.05 Å². The van der Waals surface area contributed by atoms with Gasteiger partial charge >= 0.3 is 0 Å². The van der Waals surface area contributed by atoms with Crippen molar-refractivity contribution in [2.45, 2.75) is 6.92 Å². The number of nitrogens with zero attached hydrogens (tertiary/aromatic N) is 1. The molecule has 0 aromatic carbocycles. The average Bonchev–Trinajstić information content (AvgIpc) is 1.83. The Morgan fingerprint density at radius 1 is 1.75 bits per heavy atom. The van der Waals surface area contributed by atoms with Crippen LogP contribution in [-0.4, -0.2) is 13.3 Å². The van der Waals surface area contributed by atoms with Crippen LogP contribution in [0.15, 0.2) is 15.8 Å². The van der Waals surface area contributed by atoms with Crippen LogP contribution in [-0.2, 0) is 0 Å². The third-order valence-corrected chi connectivity index (χ3v) is 1.18. The van der Waals surface area contributed by atoms with Gasteiger partial charge in [-0.25, -0.2) is 0 Å². The summed E-state index contributed by atoms with van der Waals surface area (Å²) in [7, 11) is 1.83. The van der Waals surface area contributed by atoms with E-state index in [9.17, 15) is 0 Å². The van der Waals surface area contributed by atoms with Crippen LogP contribution in [0.1, 0.15) is 6.92 Å². The van der Waals surface area contributed by atoms with E-state index in [4.69, 9.17) is 0 Å². The molecule has 8 heavy (non-hydrogen) atoms. The molecule has 46 valence electrons. The zero-order chi connectivity index (χ0) is 6.41. The molecule has 0 rings (SSSR count). The number of halogens is 1. The molecule has 0 atom stereocenters. The topological polar surface area (TPSA) is 24.4 Å². The Morgan fingerprint density at radius 3 is 2.75 bits per heavy atom. The average molecular weight is 177 g/mol. The Labute approximate surface area is 57.8 Å². The van der Waals surface area contributed by atoms with E-state index in [1.165, 1.54) is 0 Å². The van der Waals surface area contributed by atoms with E-state index in [1.807, 2.05) is 14.0 Å². The van der Waals surface area contributed by atoms with E-state index < -0.39 is 0 Å². The van der Waals surface area contributed by atoms with Gasteiger partial charge in [0.1, 0.15) is 0 Å². The molecular formula is C5H9BrN2. The Kier molecular flexibility index (Phi) is 4.65. The van der Waals surface area contributed by atoms with Gasteiger partial charge in [0.2, 0.25) is 0 Å². The molecule has 0 unspecified atom stereocenters. The van der Waals surface area contributed by atoms with Gasteiger partial charge in [-0.05, 0) is 22.9 Å². The quantitative estimate of drug-likeness (QED) is 0.501. The van der Waals surface area contributed by atoms with E-state index in [2.05, 4.69) is 26.2 Å². The molecule has 0 heterocycles. The summed E-state index contributed by atoms with van der Waals surface area (Å²) >= 11 is 3.21. The Balaban J connectivity index is 3.57. The highest BCUT2D eigenvalue weighted by Gasteiger charge is 1.76. The molecule has 0 radical (unpaired) electrons. The number of aliphatic imine (C=N–C) groups is 1. The van der Waals surface area contributed by atoms with Crippen molar-refractivity contribution < 1.29 is 0 Å². The van der Waals surface area contributed by atoms with Crippen molar-refractivity contribution in [3.8, 4) is 0 Å². The van der Waals surface area contributed by atoms with Gasteiger partial charge in [-0.1, -0.05) is 0 Å². The normalized spacial score (nSPS) is 12.6. The van der Waals surface area contributed by atoms with Gasteiger partial charge in [0, 0.05) is 13.3 Å².